The summed E-state index contributed by atoms with van der Waals surface area (Å²) in [5, 5.41) is 22.6. The molecule has 0 unspecified atom stereocenters. The van der Waals surface area contributed by atoms with Crippen LogP contribution in [0, 0.1) is 0 Å². The maximum Gasteiger partial charge on any atom is 0.124 e. The molecule has 2 N–H and O–H groups in total. The Hall–Kier alpha value is -1.53. The maximum absolute atomic E-state index is 10.8. The molecule has 2 aromatic rings. The van der Waals surface area contributed by atoms with E-state index >= 15 is 0 Å². The molecule has 0 spiro atoms. The summed E-state index contributed by atoms with van der Waals surface area (Å²) in [6, 6.07) is 13.5. The topological polar surface area (TPSA) is 40.5 Å². The molecule has 3 heteroatoms. The van der Waals surface area contributed by atoms with E-state index in [0.717, 1.165) is 22.4 Å². The second-order valence-corrected chi connectivity index (χ2v) is 10.9. The summed E-state index contributed by atoms with van der Waals surface area (Å²) in [6.07, 6.45) is 13.5. The summed E-state index contributed by atoms with van der Waals surface area (Å²) in [5.74, 6) is 0.579. The van der Waals surface area contributed by atoms with Crippen LogP contribution in [0.1, 0.15) is 64.2 Å². The van der Waals surface area contributed by atoms with E-state index in [2.05, 4.69) is 6.07 Å². The van der Waals surface area contributed by atoms with Crippen LogP contribution in [0.15, 0.2) is 42.5 Å². The van der Waals surface area contributed by atoms with Gasteiger partial charge >= 0.3 is 0 Å². The molecule has 0 bridgehead atoms. The van der Waals surface area contributed by atoms with Crippen molar-refractivity contribution in [2.45, 2.75) is 75.5 Å². The average molecular weight is 382 g/mol. The molecule has 0 saturated heterocycles. The molecule has 0 aromatic heterocycles. The molecule has 0 heterocycles. The summed E-state index contributed by atoms with van der Waals surface area (Å²) >= 11 is 0. The van der Waals surface area contributed by atoms with Crippen molar-refractivity contribution in [3.05, 3.63) is 42.5 Å². The van der Waals surface area contributed by atoms with E-state index in [0.29, 0.717) is 5.75 Å². The van der Waals surface area contributed by atoms with Crippen LogP contribution in [0.2, 0.25) is 0 Å². The van der Waals surface area contributed by atoms with Crippen molar-refractivity contribution in [3.8, 4) is 22.6 Å². The third kappa shape index (κ3) is 4.02. The van der Waals surface area contributed by atoms with E-state index in [1.807, 2.05) is 24.3 Å². The van der Waals surface area contributed by atoms with Gasteiger partial charge < -0.3 is 10.2 Å². The van der Waals surface area contributed by atoms with Crippen molar-refractivity contribution in [1.82, 2.24) is 0 Å². The van der Waals surface area contributed by atoms with Crippen LogP contribution in [-0.4, -0.2) is 21.5 Å². The number of para-hydroxylation sites is 1. The first-order valence-corrected chi connectivity index (χ1v) is 12.1. The molecule has 4 rings (SSSR count). The Kier molecular flexibility index (Phi) is 6.03. The number of hydrogen-bond donors (Lipinski definition) is 2. The minimum atomic E-state index is -0.336. The Labute approximate surface area is 164 Å². The minimum absolute atomic E-state index is 0.266. The number of phenolic OH excluding ortho intramolecular Hbond substituents is 2. The van der Waals surface area contributed by atoms with Gasteiger partial charge in [0.2, 0.25) is 0 Å². The van der Waals surface area contributed by atoms with Crippen molar-refractivity contribution >= 4 is 13.2 Å². The van der Waals surface area contributed by atoms with Gasteiger partial charge in [-0.05, 0) is 54.4 Å². The third-order valence-corrected chi connectivity index (χ3v) is 9.94. The molecular formula is C24H31O2P. The summed E-state index contributed by atoms with van der Waals surface area (Å²) in [4.78, 5) is 0. The maximum atomic E-state index is 10.8. The zero-order valence-corrected chi connectivity index (χ0v) is 17.0. The van der Waals surface area contributed by atoms with Gasteiger partial charge in [-0.1, -0.05) is 76.8 Å². The monoisotopic (exact) mass is 382 g/mol. The highest BCUT2D eigenvalue weighted by molar-refractivity contribution is 7.67. The first kappa shape index (κ1) is 18.8. The van der Waals surface area contributed by atoms with Gasteiger partial charge in [-0.3, -0.25) is 0 Å². The zero-order valence-electron chi connectivity index (χ0n) is 16.1. The molecule has 0 radical (unpaired) electrons. The number of benzene rings is 2. The molecule has 2 fully saturated rings. The molecule has 0 amide bonds. The first-order valence-electron chi connectivity index (χ1n) is 10.6. The van der Waals surface area contributed by atoms with E-state index in [9.17, 15) is 10.2 Å². The summed E-state index contributed by atoms with van der Waals surface area (Å²) < 4.78 is 0. The van der Waals surface area contributed by atoms with Crippen LogP contribution >= 0.6 is 7.92 Å². The SMILES string of the molecule is Oc1ccccc1-c1c(O)cccc1P(C1CCCCC1)C1CCCCC1. The van der Waals surface area contributed by atoms with Crippen LogP contribution in [0.4, 0.5) is 0 Å². The molecule has 144 valence electrons. The lowest BCUT2D eigenvalue weighted by Crippen LogP contribution is -2.27. The first-order chi connectivity index (χ1) is 13.3. The minimum Gasteiger partial charge on any atom is -0.507 e. The second-order valence-electron chi connectivity index (χ2n) is 8.18. The van der Waals surface area contributed by atoms with Crippen LogP contribution in [0.5, 0.6) is 11.5 Å². The molecular weight excluding hydrogens is 351 g/mol. The van der Waals surface area contributed by atoms with Crippen LogP contribution in [-0.2, 0) is 0 Å². The van der Waals surface area contributed by atoms with Gasteiger partial charge in [-0.25, -0.2) is 0 Å². The predicted octanol–water partition coefficient (Wildman–Crippen LogP) is 6.54. The van der Waals surface area contributed by atoms with Crippen molar-refractivity contribution in [3.63, 3.8) is 0 Å². The quantitative estimate of drug-likeness (QED) is 0.590. The van der Waals surface area contributed by atoms with E-state index in [-0.39, 0.29) is 13.7 Å². The highest BCUT2D eigenvalue weighted by Crippen LogP contribution is 2.57. The summed E-state index contributed by atoms with van der Waals surface area (Å²) in [6.45, 7) is 0. The van der Waals surface area contributed by atoms with Gasteiger partial charge in [0.1, 0.15) is 11.5 Å². The number of hydrogen-bond acceptors (Lipinski definition) is 2. The summed E-state index contributed by atoms with van der Waals surface area (Å²) in [7, 11) is -0.336. The van der Waals surface area contributed by atoms with Gasteiger partial charge in [0.05, 0.1) is 0 Å². The average Bonchev–Trinajstić information content (AvgIpc) is 2.71. The lowest BCUT2D eigenvalue weighted by Gasteiger charge is -2.39. The second kappa shape index (κ2) is 8.65. The van der Waals surface area contributed by atoms with Gasteiger partial charge in [0, 0.05) is 11.1 Å². The largest absolute Gasteiger partial charge is 0.507 e. The zero-order chi connectivity index (χ0) is 18.6. The Morgan fingerprint density at radius 2 is 1.19 bits per heavy atom. The van der Waals surface area contributed by atoms with Crippen molar-refractivity contribution < 1.29 is 10.2 Å². The van der Waals surface area contributed by atoms with Crippen LogP contribution in [0.3, 0.4) is 0 Å². The van der Waals surface area contributed by atoms with Crippen molar-refractivity contribution in [1.29, 1.82) is 0 Å². The molecule has 0 aliphatic heterocycles. The molecule has 2 aliphatic carbocycles. The lowest BCUT2D eigenvalue weighted by atomic mass is 9.99. The number of phenols is 2. The van der Waals surface area contributed by atoms with E-state index in [1.54, 1.807) is 12.1 Å². The molecule has 2 nitrogen and oxygen atoms in total. The van der Waals surface area contributed by atoms with E-state index < -0.39 is 0 Å². The van der Waals surface area contributed by atoms with Gasteiger partial charge in [-0.15, -0.1) is 0 Å². The third-order valence-electron chi connectivity index (χ3n) is 6.41. The van der Waals surface area contributed by atoms with E-state index in [4.69, 9.17) is 0 Å². The fourth-order valence-electron chi connectivity index (χ4n) is 5.11. The van der Waals surface area contributed by atoms with Crippen molar-refractivity contribution in [2.24, 2.45) is 0 Å². The Morgan fingerprint density at radius 1 is 0.630 bits per heavy atom. The van der Waals surface area contributed by atoms with Gasteiger partial charge in [-0.2, -0.15) is 0 Å². The molecule has 27 heavy (non-hydrogen) atoms. The van der Waals surface area contributed by atoms with Crippen molar-refractivity contribution in [2.75, 3.05) is 0 Å². The highest BCUT2D eigenvalue weighted by Gasteiger charge is 2.34. The fraction of sp³-hybridized carbons (Fsp3) is 0.500. The number of aromatic hydroxyl groups is 2. The molecule has 2 saturated carbocycles. The smallest absolute Gasteiger partial charge is 0.124 e. The van der Waals surface area contributed by atoms with Crippen LogP contribution in [0.25, 0.3) is 11.1 Å². The lowest BCUT2D eigenvalue weighted by molar-refractivity contribution is 0.469. The molecule has 2 aromatic carbocycles. The predicted molar refractivity (Wildman–Crippen MR) is 116 cm³/mol. The van der Waals surface area contributed by atoms with Gasteiger partial charge in [0.15, 0.2) is 0 Å². The van der Waals surface area contributed by atoms with Crippen LogP contribution < -0.4 is 5.30 Å². The number of rotatable bonds is 4. The highest BCUT2D eigenvalue weighted by atomic mass is 31.1. The normalized spacial score (nSPS) is 19.4. The fourth-order valence-corrected chi connectivity index (χ4v) is 9.09. The Bertz CT molecular complexity index is 743. The summed E-state index contributed by atoms with van der Waals surface area (Å²) in [5.41, 5.74) is 3.20. The standard InChI is InChI=1S/C24H31O2P/c25-21-15-8-7-14-20(21)24-22(26)16-9-17-23(24)27(18-10-3-1-4-11-18)19-12-5-2-6-13-19/h7-9,14-19,25-26H,1-6,10-13H2. The Morgan fingerprint density at radius 3 is 1.78 bits per heavy atom. The Balaban J connectivity index is 1.82. The van der Waals surface area contributed by atoms with Gasteiger partial charge in [0.25, 0.3) is 0 Å². The molecule has 0 atom stereocenters. The molecule has 2 aliphatic rings. The van der Waals surface area contributed by atoms with E-state index in [1.165, 1.54) is 69.5 Å².